The fourth-order valence-corrected chi connectivity index (χ4v) is 6.49. The molecule has 36 heavy (non-hydrogen) atoms. The predicted molar refractivity (Wildman–Crippen MR) is 138 cm³/mol. The summed E-state index contributed by atoms with van der Waals surface area (Å²) in [5, 5.41) is 19.6. The third-order valence-corrected chi connectivity index (χ3v) is 8.94. The molecule has 10 heteroatoms. The summed E-state index contributed by atoms with van der Waals surface area (Å²) in [4.78, 5) is 28.3. The molecule has 0 spiro atoms. The fourth-order valence-electron chi connectivity index (χ4n) is 5.13. The lowest BCUT2D eigenvalue weighted by atomic mass is 9.90. The monoisotopic (exact) mass is 507 g/mol. The Hall–Kier alpha value is -3.01. The number of ketones is 1. The second-order valence-electron chi connectivity index (χ2n) is 10.5. The molecule has 2 fully saturated rings. The lowest BCUT2D eigenvalue weighted by molar-refractivity contribution is -0.119. The van der Waals surface area contributed by atoms with Crippen molar-refractivity contribution in [3.63, 3.8) is 0 Å². The first-order chi connectivity index (χ1) is 17.5. The molecule has 3 aromatic rings. The van der Waals surface area contributed by atoms with Crippen LogP contribution in [0.4, 0.5) is 11.8 Å². The normalized spacial score (nSPS) is 19.2. The number of Topliss-reactive ketones (excluding diaryl/α,β-unsaturated/α-hetero) is 1. The average Bonchev–Trinajstić information content (AvgIpc) is 3.78. The molecule has 1 amide bonds. The van der Waals surface area contributed by atoms with Crippen LogP contribution in [0.5, 0.6) is 0 Å². The fraction of sp³-hybridized carbons (Fsp3) is 0.577. The number of anilines is 2. The Kier molecular flexibility index (Phi) is 6.15. The van der Waals surface area contributed by atoms with Crippen molar-refractivity contribution in [3.05, 3.63) is 39.0 Å². The molecule has 1 atom stereocenters. The Morgan fingerprint density at radius 3 is 2.75 bits per heavy atom. The van der Waals surface area contributed by atoms with Crippen molar-refractivity contribution >= 4 is 34.8 Å². The number of hydrogen-bond donors (Lipinski definition) is 2. The molecule has 0 bridgehead atoms. The van der Waals surface area contributed by atoms with E-state index in [1.54, 1.807) is 17.7 Å². The van der Waals surface area contributed by atoms with E-state index in [1.165, 1.54) is 17.7 Å². The van der Waals surface area contributed by atoms with Gasteiger partial charge in [-0.05, 0) is 62.8 Å². The zero-order chi connectivity index (χ0) is 24.8. The smallest absolute Gasteiger partial charge is 0.252 e. The van der Waals surface area contributed by atoms with Gasteiger partial charge in [0.15, 0.2) is 0 Å². The molecular formula is C26H33N7O2S. The van der Waals surface area contributed by atoms with Gasteiger partial charge in [0.25, 0.3) is 5.91 Å². The SMILES string of the molecule is CCc1cc(Nc2nncn2[C@H]2CCc3sc(CC(=O)C4CC4)c(C(=O)NCC4CC4)c3C2)n(C)n1. The van der Waals surface area contributed by atoms with Crippen LogP contribution in [0, 0.1) is 11.8 Å². The summed E-state index contributed by atoms with van der Waals surface area (Å²) in [6.07, 6.45) is 9.94. The molecule has 0 aromatic carbocycles. The predicted octanol–water partition coefficient (Wildman–Crippen LogP) is 3.77. The van der Waals surface area contributed by atoms with E-state index >= 15 is 0 Å². The summed E-state index contributed by atoms with van der Waals surface area (Å²) in [6, 6.07) is 2.16. The van der Waals surface area contributed by atoms with E-state index in [-0.39, 0.29) is 23.7 Å². The number of amides is 1. The van der Waals surface area contributed by atoms with Crippen LogP contribution in [0.15, 0.2) is 12.4 Å². The van der Waals surface area contributed by atoms with Gasteiger partial charge in [0, 0.05) is 47.8 Å². The van der Waals surface area contributed by atoms with Gasteiger partial charge in [-0.15, -0.1) is 21.5 Å². The van der Waals surface area contributed by atoms with Crippen LogP contribution in [0.1, 0.15) is 76.4 Å². The molecule has 6 rings (SSSR count). The van der Waals surface area contributed by atoms with E-state index < -0.39 is 0 Å². The average molecular weight is 508 g/mol. The van der Waals surface area contributed by atoms with Gasteiger partial charge in [-0.3, -0.25) is 18.8 Å². The highest BCUT2D eigenvalue weighted by Crippen LogP contribution is 2.41. The number of rotatable bonds is 10. The Morgan fingerprint density at radius 1 is 1.19 bits per heavy atom. The summed E-state index contributed by atoms with van der Waals surface area (Å²) >= 11 is 1.68. The van der Waals surface area contributed by atoms with Gasteiger partial charge < -0.3 is 10.6 Å². The van der Waals surface area contributed by atoms with Crippen LogP contribution in [0.3, 0.4) is 0 Å². The number of aromatic nitrogens is 5. The molecule has 0 unspecified atom stereocenters. The largest absolute Gasteiger partial charge is 0.352 e. The topological polar surface area (TPSA) is 107 Å². The van der Waals surface area contributed by atoms with E-state index in [1.807, 2.05) is 17.8 Å². The minimum absolute atomic E-state index is 0.0114. The van der Waals surface area contributed by atoms with Gasteiger partial charge in [0.2, 0.25) is 5.95 Å². The summed E-state index contributed by atoms with van der Waals surface area (Å²) < 4.78 is 3.90. The third kappa shape index (κ3) is 4.70. The standard InChI is InChI=1S/C26H33N7O2S/c1-3-17-10-23(32(2)31-17)29-26-30-28-14-33(26)18-8-9-21-19(11-18)24(25(35)27-13-15-4-5-15)22(36-21)12-20(34)16-6-7-16/h10,14-16,18H,3-9,11-13H2,1-2H3,(H,27,35)(H,29,30)/t18-/m0/s1. The van der Waals surface area contributed by atoms with Gasteiger partial charge in [0.05, 0.1) is 11.3 Å². The van der Waals surface area contributed by atoms with Crippen molar-refractivity contribution in [1.29, 1.82) is 0 Å². The maximum Gasteiger partial charge on any atom is 0.252 e. The van der Waals surface area contributed by atoms with Crippen LogP contribution in [0.2, 0.25) is 0 Å². The van der Waals surface area contributed by atoms with Crippen molar-refractivity contribution in [2.45, 2.75) is 70.8 Å². The van der Waals surface area contributed by atoms with Crippen molar-refractivity contribution in [1.82, 2.24) is 29.9 Å². The Balaban J connectivity index is 1.26. The number of hydrogen-bond acceptors (Lipinski definition) is 7. The number of aryl methyl sites for hydroxylation is 3. The molecule has 3 aliphatic rings. The van der Waals surface area contributed by atoms with Crippen molar-refractivity contribution in [2.24, 2.45) is 18.9 Å². The van der Waals surface area contributed by atoms with E-state index in [0.717, 1.165) is 72.6 Å². The minimum atomic E-state index is -0.0114. The zero-order valence-corrected chi connectivity index (χ0v) is 21.7. The van der Waals surface area contributed by atoms with Gasteiger partial charge in [-0.1, -0.05) is 6.92 Å². The van der Waals surface area contributed by atoms with Gasteiger partial charge in [0.1, 0.15) is 17.9 Å². The summed E-state index contributed by atoms with van der Waals surface area (Å²) in [7, 11) is 1.91. The molecule has 0 saturated heterocycles. The zero-order valence-electron chi connectivity index (χ0n) is 20.9. The molecule has 190 valence electrons. The van der Waals surface area contributed by atoms with Crippen LogP contribution in [0.25, 0.3) is 0 Å². The molecule has 3 aliphatic carbocycles. The molecule has 3 aromatic heterocycles. The molecule has 3 heterocycles. The van der Waals surface area contributed by atoms with Crippen LogP contribution < -0.4 is 10.6 Å². The number of fused-ring (bicyclic) bond motifs is 1. The first-order valence-corrected chi connectivity index (χ1v) is 14.0. The lowest BCUT2D eigenvalue weighted by Gasteiger charge is -2.25. The first-order valence-electron chi connectivity index (χ1n) is 13.1. The second-order valence-corrected chi connectivity index (χ2v) is 11.6. The first kappa shape index (κ1) is 23.4. The highest BCUT2D eigenvalue weighted by atomic mass is 32.1. The number of nitrogens with one attached hydrogen (secondary N) is 2. The van der Waals surface area contributed by atoms with E-state index in [9.17, 15) is 9.59 Å². The molecule has 9 nitrogen and oxygen atoms in total. The van der Waals surface area contributed by atoms with Crippen molar-refractivity contribution in [2.75, 3.05) is 11.9 Å². The number of nitrogens with zero attached hydrogens (tertiary/aromatic N) is 5. The number of thiophene rings is 1. The summed E-state index contributed by atoms with van der Waals surface area (Å²) in [5.74, 6) is 2.63. The Morgan fingerprint density at radius 2 is 2.03 bits per heavy atom. The van der Waals surface area contributed by atoms with Crippen LogP contribution >= 0.6 is 11.3 Å². The molecule has 0 radical (unpaired) electrons. The quantitative estimate of drug-likeness (QED) is 0.433. The number of carbonyl (C=O) groups is 2. The Labute approximate surface area is 214 Å². The van der Waals surface area contributed by atoms with Crippen molar-refractivity contribution < 1.29 is 9.59 Å². The van der Waals surface area contributed by atoms with Crippen molar-refractivity contribution in [3.8, 4) is 0 Å². The van der Waals surface area contributed by atoms with Gasteiger partial charge in [-0.25, -0.2) is 0 Å². The lowest BCUT2D eigenvalue weighted by Crippen LogP contribution is -2.28. The van der Waals surface area contributed by atoms with Gasteiger partial charge in [-0.2, -0.15) is 5.10 Å². The van der Waals surface area contributed by atoms with E-state index in [2.05, 4.69) is 37.4 Å². The van der Waals surface area contributed by atoms with E-state index in [0.29, 0.717) is 18.3 Å². The molecule has 2 saturated carbocycles. The maximum atomic E-state index is 13.4. The van der Waals surface area contributed by atoms with Gasteiger partial charge >= 0.3 is 0 Å². The Bertz CT molecular complexity index is 1300. The number of carbonyl (C=O) groups excluding carboxylic acids is 2. The molecule has 0 aliphatic heterocycles. The highest BCUT2D eigenvalue weighted by molar-refractivity contribution is 7.12. The molecular weight excluding hydrogens is 474 g/mol. The summed E-state index contributed by atoms with van der Waals surface area (Å²) in [5.41, 5.74) is 2.88. The third-order valence-electron chi connectivity index (χ3n) is 7.65. The highest BCUT2D eigenvalue weighted by Gasteiger charge is 2.35. The van der Waals surface area contributed by atoms with E-state index in [4.69, 9.17) is 0 Å². The maximum absolute atomic E-state index is 13.4. The summed E-state index contributed by atoms with van der Waals surface area (Å²) in [6.45, 7) is 2.81. The molecule has 2 N–H and O–H groups in total. The van der Waals surface area contributed by atoms with Crippen LogP contribution in [-0.2, 0) is 37.5 Å². The minimum Gasteiger partial charge on any atom is -0.352 e. The van der Waals surface area contributed by atoms with Crippen LogP contribution in [-0.4, -0.2) is 42.8 Å². The second kappa shape index (κ2) is 9.46.